The van der Waals surface area contributed by atoms with Crippen molar-refractivity contribution in [1.29, 1.82) is 0 Å². The van der Waals surface area contributed by atoms with Gasteiger partial charge in [0.05, 0.1) is 6.61 Å². The summed E-state index contributed by atoms with van der Waals surface area (Å²) in [5.74, 6) is 0.269. The van der Waals surface area contributed by atoms with Gasteiger partial charge < -0.3 is 34.3 Å². The predicted octanol–water partition coefficient (Wildman–Crippen LogP) is -0.150. The van der Waals surface area contributed by atoms with Crippen LogP contribution < -0.4 is 10.4 Å². The van der Waals surface area contributed by atoms with Gasteiger partial charge in [0.25, 0.3) is 0 Å². The number of ether oxygens (including phenoxy) is 2. The van der Waals surface area contributed by atoms with E-state index in [2.05, 4.69) is 0 Å². The molecule has 2 heterocycles. The number of fused-ring (bicyclic) bond motifs is 3. The molecule has 1 aromatic carbocycles. The van der Waals surface area contributed by atoms with E-state index in [0.29, 0.717) is 5.58 Å². The van der Waals surface area contributed by atoms with Crippen molar-refractivity contribution in [3.05, 3.63) is 39.7 Å². The third-order valence-electron chi connectivity index (χ3n) is 5.30. The lowest BCUT2D eigenvalue weighted by Gasteiger charge is -2.39. The van der Waals surface area contributed by atoms with E-state index in [0.717, 1.165) is 42.2 Å². The fraction of sp³-hybridized carbons (Fsp3) is 0.526. The fourth-order valence-corrected chi connectivity index (χ4v) is 3.80. The van der Waals surface area contributed by atoms with E-state index in [1.165, 1.54) is 6.07 Å². The second-order valence-electron chi connectivity index (χ2n) is 7.03. The maximum atomic E-state index is 12.2. The highest BCUT2D eigenvalue weighted by atomic mass is 16.7. The van der Waals surface area contributed by atoms with Gasteiger partial charge in [-0.2, -0.15) is 0 Å². The first-order chi connectivity index (χ1) is 13.0. The van der Waals surface area contributed by atoms with Crippen LogP contribution in [0.4, 0.5) is 0 Å². The molecule has 4 N–H and O–H groups in total. The smallest absolute Gasteiger partial charge is 0.339 e. The molecule has 2 aliphatic rings. The van der Waals surface area contributed by atoms with E-state index in [1.807, 2.05) is 0 Å². The lowest BCUT2D eigenvalue weighted by Crippen LogP contribution is -2.60. The zero-order valence-corrected chi connectivity index (χ0v) is 14.6. The van der Waals surface area contributed by atoms with Gasteiger partial charge in [-0.1, -0.05) is 0 Å². The van der Waals surface area contributed by atoms with Crippen LogP contribution in [0.15, 0.2) is 27.4 Å². The lowest BCUT2D eigenvalue weighted by atomic mass is 9.91. The Morgan fingerprint density at radius 2 is 1.78 bits per heavy atom. The molecule has 0 saturated carbocycles. The lowest BCUT2D eigenvalue weighted by molar-refractivity contribution is -0.277. The first kappa shape index (κ1) is 18.4. The van der Waals surface area contributed by atoms with E-state index in [-0.39, 0.29) is 11.4 Å². The Morgan fingerprint density at radius 3 is 2.52 bits per heavy atom. The molecule has 8 nitrogen and oxygen atoms in total. The molecule has 2 aromatic rings. The molecule has 1 fully saturated rings. The summed E-state index contributed by atoms with van der Waals surface area (Å²) in [6.45, 7) is -0.538. The van der Waals surface area contributed by atoms with Gasteiger partial charge in [-0.25, -0.2) is 4.79 Å². The predicted molar refractivity (Wildman–Crippen MR) is 93.5 cm³/mol. The summed E-state index contributed by atoms with van der Waals surface area (Å²) in [6.07, 6.45) is -3.29. The Morgan fingerprint density at radius 1 is 1.04 bits per heavy atom. The number of aliphatic hydroxyl groups excluding tert-OH is 4. The monoisotopic (exact) mass is 378 g/mol. The Bertz CT molecular complexity index is 889. The van der Waals surface area contributed by atoms with Crippen LogP contribution in [0.5, 0.6) is 5.75 Å². The van der Waals surface area contributed by atoms with E-state index >= 15 is 0 Å². The fourth-order valence-electron chi connectivity index (χ4n) is 3.80. The first-order valence-corrected chi connectivity index (χ1v) is 9.05. The standard InChI is InChI=1S/C19H22O8/c20-8-14-15(21)16(22)17(23)19(27-14)25-9-5-6-11-10-3-1-2-4-12(10)18(24)26-13(11)7-9/h5-7,14-17,19-23H,1-4,8H2/t14-,15+,16+,17-,19+/m1/s1. The van der Waals surface area contributed by atoms with Crippen molar-refractivity contribution in [2.24, 2.45) is 0 Å². The minimum Gasteiger partial charge on any atom is -0.462 e. The Kier molecular flexibility index (Phi) is 4.92. The first-order valence-electron chi connectivity index (χ1n) is 9.05. The van der Waals surface area contributed by atoms with Crippen molar-refractivity contribution in [3.8, 4) is 5.75 Å². The highest BCUT2D eigenvalue weighted by molar-refractivity contribution is 5.82. The summed E-state index contributed by atoms with van der Waals surface area (Å²) in [6, 6.07) is 4.99. The van der Waals surface area contributed by atoms with Gasteiger partial charge in [-0.3, -0.25) is 0 Å². The van der Waals surface area contributed by atoms with Gasteiger partial charge in [0.15, 0.2) is 0 Å². The molecule has 0 spiro atoms. The maximum absolute atomic E-state index is 12.2. The van der Waals surface area contributed by atoms with Crippen molar-refractivity contribution in [1.82, 2.24) is 0 Å². The molecule has 27 heavy (non-hydrogen) atoms. The van der Waals surface area contributed by atoms with Crippen LogP contribution in [0, 0.1) is 0 Å². The molecule has 1 aliphatic heterocycles. The summed E-state index contributed by atoms with van der Waals surface area (Å²) in [4.78, 5) is 12.2. The van der Waals surface area contributed by atoms with Gasteiger partial charge in [0.2, 0.25) is 6.29 Å². The molecule has 1 saturated heterocycles. The van der Waals surface area contributed by atoms with Crippen LogP contribution in [-0.4, -0.2) is 57.7 Å². The van der Waals surface area contributed by atoms with Gasteiger partial charge in [0.1, 0.15) is 35.7 Å². The average molecular weight is 378 g/mol. The largest absolute Gasteiger partial charge is 0.462 e. The maximum Gasteiger partial charge on any atom is 0.339 e. The molecule has 0 amide bonds. The minimum absolute atomic E-state index is 0.269. The van der Waals surface area contributed by atoms with E-state index < -0.39 is 37.3 Å². The number of benzene rings is 1. The summed E-state index contributed by atoms with van der Waals surface area (Å²) in [5.41, 5.74) is 1.77. The molecule has 8 heteroatoms. The van der Waals surface area contributed by atoms with Crippen molar-refractivity contribution in [2.75, 3.05) is 6.61 Å². The van der Waals surface area contributed by atoms with Crippen molar-refractivity contribution in [2.45, 2.75) is 56.4 Å². The van der Waals surface area contributed by atoms with Gasteiger partial charge in [-0.05, 0) is 43.4 Å². The van der Waals surface area contributed by atoms with Crippen molar-refractivity contribution in [3.63, 3.8) is 0 Å². The topological polar surface area (TPSA) is 130 Å². The quantitative estimate of drug-likeness (QED) is 0.543. The Balaban J connectivity index is 1.64. The summed E-state index contributed by atoms with van der Waals surface area (Å²) >= 11 is 0. The molecular weight excluding hydrogens is 356 g/mol. The molecule has 0 radical (unpaired) electrons. The van der Waals surface area contributed by atoms with Crippen LogP contribution in [0.3, 0.4) is 0 Å². The van der Waals surface area contributed by atoms with Crippen LogP contribution in [-0.2, 0) is 17.6 Å². The van der Waals surface area contributed by atoms with Gasteiger partial charge in [-0.15, -0.1) is 0 Å². The summed E-state index contributed by atoms with van der Waals surface area (Å²) in [5, 5.41) is 39.9. The molecule has 5 atom stereocenters. The molecule has 146 valence electrons. The summed E-state index contributed by atoms with van der Waals surface area (Å²) in [7, 11) is 0. The van der Waals surface area contributed by atoms with Gasteiger partial charge >= 0.3 is 5.63 Å². The van der Waals surface area contributed by atoms with E-state index in [9.17, 15) is 25.2 Å². The van der Waals surface area contributed by atoms with Gasteiger partial charge in [0, 0.05) is 17.0 Å². The minimum atomic E-state index is -1.52. The van der Waals surface area contributed by atoms with Crippen LogP contribution in [0.25, 0.3) is 11.0 Å². The van der Waals surface area contributed by atoms with Crippen molar-refractivity contribution >= 4 is 11.0 Å². The highest BCUT2D eigenvalue weighted by Crippen LogP contribution is 2.30. The molecule has 4 rings (SSSR count). The normalized spacial score (nSPS) is 30.9. The molecular formula is C19H22O8. The highest BCUT2D eigenvalue weighted by Gasteiger charge is 2.44. The average Bonchev–Trinajstić information content (AvgIpc) is 2.68. The number of aliphatic hydroxyl groups is 4. The summed E-state index contributed by atoms with van der Waals surface area (Å²) < 4.78 is 16.4. The SMILES string of the molecule is O=c1oc2cc(O[C@H]3O[C@H](CO)[C@H](O)[C@H](O)[C@H]3O)ccc2c2c1CCCC2. The van der Waals surface area contributed by atoms with E-state index in [4.69, 9.17) is 13.9 Å². The number of hydrogen-bond acceptors (Lipinski definition) is 8. The molecule has 1 aromatic heterocycles. The zero-order valence-electron chi connectivity index (χ0n) is 14.6. The third kappa shape index (κ3) is 3.24. The third-order valence-corrected chi connectivity index (χ3v) is 5.30. The van der Waals surface area contributed by atoms with E-state index in [1.54, 1.807) is 12.1 Å². The van der Waals surface area contributed by atoms with Crippen molar-refractivity contribution < 1.29 is 34.3 Å². The number of hydrogen-bond donors (Lipinski definition) is 4. The molecule has 1 aliphatic carbocycles. The molecule has 0 bridgehead atoms. The Labute approximate surface area is 154 Å². The number of rotatable bonds is 3. The van der Waals surface area contributed by atoms with Crippen LogP contribution in [0.2, 0.25) is 0 Å². The Hall–Kier alpha value is -1.97. The second kappa shape index (κ2) is 7.21. The zero-order chi connectivity index (χ0) is 19.1. The second-order valence-corrected chi connectivity index (χ2v) is 7.03. The van der Waals surface area contributed by atoms with Crippen LogP contribution in [0.1, 0.15) is 24.0 Å². The number of aryl methyl sites for hydroxylation is 1. The molecule has 0 unspecified atom stereocenters. The van der Waals surface area contributed by atoms with Crippen LogP contribution >= 0.6 is 0 Å².